The van der Waals surface area contributed by atoms with Crippen LogP contribution in [0.1, 0.15) is 35.5 Å². The standard InChI is InChI=1S/C24H26F4N8O/c1-3-15-10-16(4-5-17(15)23(37)32-14(2)11-29)33-21-22-31-12-19(36(22)9-7-30-21)18-13-35(8-6-25)34-20(18)24(26,27)28/h4-5,7,9-10,12-14H,3,6,8,11,29H2,1-2H3,(H,30,33)(H,32,37)/t14-/m0/s1. The van der Waals surface area contributed by atoms with E-state index in [0.717, 1.165) is 16.4 Å². The molecule has 0 saturated carbocycles. The average Bonchev–Trinajstić information content (AvgIpc) is 3.49. The SMILES string of the molecule is CCc1cc(Nc2nccn3c(-c4cn(CCF)nc4C(F)(F)F)cnc23)ccc1C(=O)N[C@@H](C)CN. The molecule has 1 aromatic carbocycles. The molecule has 3 aromatic heterocycles. The number of rotatable bonds is 9. The number of anilines is 2. The summed E-state index contributed by atoms with van der Waals surface area (Å²) >= 11 is 0. The van der Waals surface area contributed by atoms with E-state index < -0.39 is 18.5 Å². The molecule has 4 N–H and O–H groups in total. The quantitative estimate of drug-likeness (QED) is 0.289. The Kier molecular flexibility index (Phi) is 7.43. The first-order chi connectivity index (χ1) is 17.7. The molecule has 3 heterocycles. The molecule has 0 unspecified atom stereocenters. The van der Waals surface area contributed by atoms with E-state index in [2.05, 4.69) is 25.7 Å². The number of hydrogen-bond acceptors (Lipinski definition) is 6. The molecule has 196 valence electrons. The van der Waals surface area contributed by atoms with Gasteiger partial charge in [-0.1, -0.05) is 6.92 Å². The maximum atomic E-state index is 13.7. The Balaban J connectivity index is 1.69. The molecule has 9 nitrogen and oxygen atoms in total. The molecule has 1 amide bonds. The number of halogens is 4. The lowest BCUT2D eigenvalue weighted by Gasteiger charge is -2.15. The van der Waals surface area contributed by atoms with Gasteiger partial charge < -0.3 is 16.4 Å². The number of hydrogen-bond donors (Lipinski definition) is 3. The molecule has 4 aromatic rings. The molecule has 4 rings (SSSR count). The van der Waals surface area contributed by atoms with Crippen molar-refractivity contribution in [2.45, 2.75) is 39.0 Å². The maximum absolute atomic E-state index is 13.7. The minimum absolute atomic E-state index is 0.133. The van der Waals surface area contributed by atoms with E-state index in [1.807, 2.05) is 13.8 Å². The van der Waals surface area contributed by atoms with Crippen molar-refractivity contribution in [1.82, 2.24) is 29.5 Å². The number of benzene rings is 1. The Labute approximate surface area is 209 Å². The van der Waals surface area contributed by atoms with Crippen LogP contribution in [-0.4, -0.2) is 49.3 Å². The van der Waals surface area contributed by atoms with Crippen molar-refractivity contribution < 1.29 is 22.4 Å². The molecular formula is C24H26F4N8O. The molecule has 0 spiro atoms. The molecule has 0 fully saturated rings. The summed E-state index contributed by atoms with van der Waals surface area (Å²) in [5.74, 6) is 0.0720. The van der Waals surface area contributed by atoms with Crippen LogP contribution in [0, 0.1) is 0 Å². The Bertz CT molecular complexity index is 1410. The second-order valence-electron chi connectivity index (χ2n) is 8.41. The fourth-order valence-corrected chi connectivity index (χ4v) is 3.91. The van der Waals surface area contributed by atoms with E-state index in [-0.39, 0.29) is 35.4 Å². The monoisotopic (exact) mass is 518 g/mol. The minimum Gasteiger partial charge on any atom is -0.348 e. The van der Waals surface area contributed by atoms with E-state index in [9.17, 15) is 22.4 Å². The Morgan fingerprint density at radius 2 is 2.03 bits per heavy atom. The van der Waals surface area contributed by atoms with E-state index >= 15 is 0 Å². The van der Waals surface area contributed by atoms with Crippen molar-refractivity contribution in [3.63, 3.8) is 0 Å². The number of amides is 1. The van der Waals surface area contributed by atoms with Crippen molar-refractivity contribution >= 4 is 23.1 Å². The van der Waals surface area contributed by atoms with Gasteiger partial charge in [0.15, 0.2) is 17.2 Å². The number of aromatic nitrogens is 5. The summed E-state index contributed by atoms with van der Waals surface area (Å²) in [5, 5.41) is 9.50. The summed E-state index contributed by atoms with van der Waals surface area (Å²) in [6, 6.07) is 5.03. The fourth-order valence-electron chi connectivity index (χ4n) is 3.91. The second-order valence-corrected chi connectivity index (χ2v) is 8.41. The molecule has 1 atom stereocenters. The van der Waals surface area contributed by atoms with Gasteiger partial charge in [0.1, 0.15) is 6.67 Å². The zero-order valence-electron chi connectivity index (χ0n) is 20.2. The normalized spacial score (nSPS) is 12.6. The van der Waals surface area contributed by atoms with Crippen molar-refractivity contribution in [1.29, 1.82) is 0 Å². The summed E-state index contributed by atoms with van der Waals surface area (Å²) in [4.78, 5) is 21.2. The van der Waals surface area contributed by atoms with E-state index in [1.54, 1.807) is 18.2 Å². The highest BCUT2D eigenvalue weighted by atomic mass is 19.4. The largest absolute Gasteiger partial charge is 0.435 e. The minimum atomic E-state index is -4.73. The van der Waals surface area contributed by atoms with Crippen molar-refractivity contribution in [2.75, 3.05) is 18.5 Å². The summed E-state index contributed by atoms with van der Waals surface area (Å²) in [6.07, 6.45) is 1.21. The van der Waals surface area contributed by atoms with Gasteiger partial charge in [-0.05, 0) is 37.1 Å². The van der Waals surface area contributed by atoms with Crippen molar-refractivity contribution in [3.8, 4) is 11.3 Å². The Morgan fingerprint density at radius 1 is 1.24 bits per heavy atom. The lowest BCUT2D eigenvalue weighted by molar-refractivity contribution is -0.141. The van der Waals surface area contributed by atoms with Crippen molar-refractivity contribution in [3.05, 3.63) is 59.8 Å². The van der Waals surface area contributed by atoms with Crippen molar-refractivity contribution in [2.24, 2.45) is 5.73 Å². The Hall–Kier alpha value is -4.00. The van der Waals surface area contributed by atoms with Gasteiger partial charge in [0.05, 0.1) is 24.0 Å². The van der Waals surface area contributed by atoms with Gasteiger partial charge in [-0.3, -0.25) is 13.9 Å². The van der Waals surface area contributed by atoms with Gasteiger partial charge in [0.25, 0.3) is 5.91 Å². The number of nitrogens with one attached hydrogen (secondary N) is 2. The predicted octanol–water partition coefficient (Wildman–Crippen LogP) is 3.96. The molecule has 13 heteroatoms. The number of alkyl halides is 4. The predicted molar refractivity (Wildman–Crippen MR) is 130 cm³/mol. The smallest absolute Gasteiger partial charge is 0.348 e. The molecule has 0 saturated heterocycles. The molecule has 0 aliphatic carbocycles. The summed E-state index contributed by atoms with van der Waals surface area (Å²) in [5.41, 5.74) is 6.59. The highest BCUT2D eigenvalue weighted by molar-refractivity contribution is 5.96. The van der Waals surface area contributed by atoms with Crippen LogP contribution < -0.4 is 16.4 Å². The van der Waals surface area contributed by atoms with Crippen LogP contribution in [0.5, 0.6) is 0 Å². The summed E-state index contributed by atoms with van der Waals surface area (Å²) < 4.78 is 56.1. The molecule has 0 aliphatic rings. The van der Waals surface area contributed by atoms with E-state index in [4.69, 9.17) is 5.73 Å². The summed E-state index contributed by atoms with van der Waals surface area (Å²) in [7, 11) is 0. The van der Waals surface area contributed by atoms with E-state index in [0.29, 0.717) is 30.0 Å². The first kappa shape index (κ1) is 26.1. The number of aryl methyl sites for hydroxylation is 2. The lowest BCUT2D eigenvalue weighted by Crippen LogP contribution is -2.38. The zero-order valence-corrected chi connectivity index (χ0v) is 20.2. The molecule has 0 radical (unpaired) electrons. The third kappa shape index (κ3) is 5.40. The molecule has 0 bridgehead atoms. The topological polar surface area (TPSA) is 115 Å². The third-order valence-corrected chi connectivity index (χ3v) is 5.77. The summed E-state index contributed by atoms with van der Waals surface area (Å²) in [6.45, 7) is 2.90. The van der Waals surface area contributed by atoms with Crippen LogP contribution in [0.4, 0.5) is 29.1 Å². The third-order valence-electron chi connectivity index (χ3n) is 5.77. The maximum Gasteiger partial charge on any atom is 0.435 e. The van der Waals surface area contributed by atoms with Gasteiger partial charge in [0, 0.05) is 42.4 Å². The van der Waals surface area contributed by atoms with Crippen LogP contribution in [-0.2, 0) is 19.1 Å². The van der Waals surface area contributed by atoms with Gasteiger partial charge in [0.2, 0.25) is 0 Å². The fraction of sp³-hybridized carbons (Fsp3) is 0.333. The highest BCUT2D eigenvalue weighted by Crippen LogP contribution is 2.37. The molecular weight excluding hydrogens is 492 g/mol. The molecule has 37 heavy (non-hydrogen) atoms. The number of imidazole rings is 1. The van der Waals surface area contributed by atoms with Gasteiger partial charge in [-0.25, -0.2) is 14.4 Å². The number of carbonyl (C=O) groups excluding carboxylic acids is 1. The van der Waals surface area contributed by atoms with Crippen LogP contribution in [0.25, 0.3) is 16.9 Å². The average molecular weight is 519 g/mol. The van der Waals surface area contributed by atoms with Crippen LogP contribution in [0.2, 0.25) is 0 Å². The first-order valence-corrected chi connectivity index (χ1v) is 11.6. The van der Waals surface area contributed by atoms with Gasteiger partial charge in [-0.15, -0.1) is 0 Å². The van der Waals surface area contributed by atoms with Crippen LogP contribution in [0.3, 0.4) is 0 Å². The zero-order chi connectivity index (χ0) is 26.7. The van der Waals surface area contributed by atoms with Crippen LogP contribution in [0.15, 0.2) is 43.0 Å². The second kappa shape index (κ2) is 10.5. The number of nitrogens with zero attached hydrogens (tertiary/aromatic N) is 5. The van der Waals surface area contributed by atoms with E-state index in [1.165, 1.54) is 23.0 Å². The molecule has 0 aliphatic heterocycles. The lowest BCUT2D eigenvalue weighted by atomic mass is 10.0. The van der Waals surface area contributed by atoms with Gasteiger partial charge >= 0.3 is 6.18 Å². The number of fused-ring (bicyclic) bond motifs is 1. The van der Waals surface area contributed by atoms with Gasteiger partial charge in [-0.2, -0.15) is 18.3 Å². The number of nitrogens with two attached hydrogens (primary N) is 1. The number of carbonyl (C=O) groups is 1. The Morgan fingerprint density at radius 3 is 2.70 bits per heavy atom. The van der Waals surface area contributed by atoms with Crippen LogP contribution >= 0.6 is 0 Å². The highest BCUT2D eigenvalue weighted by Gasteiger charge is 2.38. The first-order valence-electron chi connectivity index (χ1n) is 11.6.